The minimum Gasteiger partial charge on any atom is -0.354 e. The molecule has 1 amide bonds. The van der Waals surface area contributed by atoms with Gasteiger partial charge in [0.05, 0.1) is 0 Å². The molecule has 2 atom stereocenters. The number of hydrogen-bond donors (Lipinski definition) is 3. The number of carbonyl (C=O) groups is 1. The smallest absolute Gasteiger partial charge is 0.223 e. The zero-order valence-corrected chi connectivity index (χ0v) is 19.8. The topological polar surface area (TPSA) is 81.1 Å². The van der Waals surface area contributed by atoms with Crippen LogP contribution in [0.25, 0.3) is 0 Å². The zero-order valence-electron chi connectivity index (χ0n) is 19.0. The maximum atomic E-state index is 12.9. The van der Waals surface area contributed by atoms with Crippen LogP contribution in [0, 0.1) is 11.8 Å². The van der Waals surface area contributed by atoms with E-state index in [9.17, 15) is 4.79 Å². The molecule has 2 rings (SSSR count). The van der Waals surface area contributed by atoms with Crippen molar-refractivity contribution in [2.24, 2.45) is 23.3 Å². The standard InChI is InChI=1S/C26H39N3O.ClH/c1-20(2)25(28)18-17-24(27)19-29-26(30)23(15-13-21-9-5-3-6-10-21)16-14-22-11-7-4-8-12-22;/h3-12,20,23-25H,13-19,27-28H2,1-2H3,(H,29,30);1H/t24-,25?;/m0./s1. The molecule has 4 nitrogen and oxygen atoms in total. The van der Waals surface area contributed by atoms with Crippen molar-refractivity contribution in [3.8, 4) is 0 Å². The van der Waals surface area contributed by atoms with Gasteiger partial charge in [-0.1, -0.05) is 74.5 Å². The van der Waals surface area contributed by atoms with Crippen LogP contribution in [0.3, 0.4) is 0 Å². The second kappa shape index (κ2) is 15.0. The molecule has 0 aliphatic heterocycles. The first-order chi connectivity index (χ1) is 14.5. The van der Waals surface area contributed by atoms with Crippen LogP contribution in [0.5, 0.6) is 0 Å². The van der Waals surface area contributed by atoms with Gasteiger partial charge in [-0.25, -0.2) is 0 Å². The Morgan fingerprint density at radius 1 is 0.806 bits per heavy atom. The van der Waals surface area contributed by atoms with Crippen molar-refractivity contribution >= 4 is 18.3 Å². The Kier molecular flexibility index (Phi) is 13.1. The maximum Gasteiger partial charge on any atom is 0.223 e. The van der Waals surface area contributed by atoms with Crippen LogP contribution in [0.15, 0.2) is 60.7 Å². The molecule has 2 aromatic carbocycles. The molecule has 0 spiro atoms. The van der Waals surface area contributed by atoms with E-state index in [0.29, 0.717) is 12.5 Å². The maximum absolute atomic E-state index is 12.9. The summed E-state index contributed by atoms with van der Waals surface area (Å²) in [6.45, 7) is 4.76. The van der Waals surface area contributed by atoms with Crippen LogP contribution in [0.1, 0.15) is 50.7 Å². The minimum absolute atomic E-state index is 0. The number of benzene rings is 2. The van der Waals surface area contributed by atoms with E-state index in [4.69, 9.17) is 11.5 Å². The van der Waals surface area contributed by atoms with Gasteiger partial charge in [-0.3, -0.25) is 4.79 Å². The first kappa shape index (κ1) is 27.2. The number of aryl methyl sites for hydroxylation is 2. The van der Waals surface area contributed by atoms with Crippen LogP contribution < -0.4 is 16.8 Å². The predicted molar refractivity (Wildman–Crippen MR) is 133 cm³/mol. The molecule has 0 saturated heterocycles. The van der Waals surface area contributed by atoms with Gasteiger partial charge in [-0.15, -0.1) is 12.4 Å². The lowest BCUT2D eigenvalue weighted by Crippen LogP contribution is -2.41. The Balaban J connectivity index is 0.00000480. The summed E-state index contributed by atoms with van der Waals surface area (Å²) < 4.78 is 0. The Bertz CT molecular complexity index is 680. The molecule has 0 aliphatic rings. The van der Waals surface area contributed by atoms with Gasteiger partial charge in [0.2, 0.25) is 5.91 Å². The molecule has 0 bridgehead atoms. The molecule has 172 valence electrons. The van der Waals surface area contributed by atoms with Crippen molar-refractivity contribution in [1.29, 1.82) is 0 Å². The van der Waals surface area contributed by atoms with Gasteiger partial charge >= 0.3 is 0 Å². The number of halogens is 1. The largest absolute Gasteiger partial charge is 0.354 e. The van der Waals surface area contributed by atoms with Crippen LogP contribution in [-0.2, 0) is 17.6 Å². The van der Waals surface area contributed by atoms with E-state index in [0.717, 1.165) is 38.5 Å². The second-order valence-electron chi connectivity index (χ2n) is 8.74. The lowest BCUT2D eigenvalue weighted by Gasteiger charge is -2.21. The number of hydrogen-bond acceptors (Lipinski definition) is 3. The number of nitrogens with two attached hydrogens (primary N) is 2. The molecule has 0 heterocycles. The zero-order chi connectivity index (χ0) is 21.8. The number of rotatable bonds is 13. The third-order valence-electron chi connectivity index (χ3n) is 5.88. The fraction of sp³-hybridized carbons (Fsp3) is 0.500. The van der Waals surface area contributed by atoms with E-state index >= 15 is 0 Å². The van der Waals surface area contributed by atoms with Gasteiger partial charge < -0.3 is 16.8 Å². The first-order valence-corrected chi connectivity index (χ1v) is 11.3. The Morgan fingerprint density at radius 2 is 1.29 bits per heavy atom. The summed E-state index contributed by atoms with van der Waals surface area (Å²) in [4.78, 5) is 12.9. The molecular formula is C26H40ClN3O. The third-order valence-corrected chi connectivity index (χ3v) is 5.88. The SMILES string of the molecule is CC(C)C(N)CC[C@H](N)CNC(=O)C(CCc1ccccc1)CCc1ccccc1.Cl. The Morgan fingerprint density at radius 3 is 1.74 bits per heavy atom. The van der Waals surface area contributed by atoms with E-state index in [1.807, 2.05) is 12.1 Å². The van der Waals surface area contributed by atoms with Crippen molar-refractivity contribution in [2.45, 2.75) is 64.5 Å². The van der Waals surface area contributed by atoms with Crippen molar-refractivity contribution in [3.05, 3.63) is 71.8 Å². The number of carbonyl (C=O) groups excluding carboxylic acids is 1. The highest BCUT2D eigenvalue weighted by atomic mass is 35.5. The monoisotopic (exact) mass is 445 g/mol. The van der Waals surface area contributed by atoms with Crippen molar-refractivity contribution in [2.75, 3.05) is 6.54 Å². The minimum atomic E-state index is -0.0531. The predicted octanol–water partition coefficient (Wildman–Crippen LogP) is 4.50. The van der Waals surface area contributed by atoms with E-state index in [1.54, 1.807) is 0 Å². The quantitative estimate of drug-likeness (QED) is 0.424. The average Bonchev–Trinajstić information content (AvgIpc) is 2.77. The first-order valence-electron chi connectivity index (χ1n) is 11.3. The average molecular weight is 446 g/mol. The highest BCUT2D eigenvalue weighted by molar-refractivity contribution is 5.85. The molecule has 0 saturated carbocycles. The molecule has 5 heteroatoms. The van der Waals surface area contributed by atoms with Gasteiger partial charge in [0.15, 0.2) is 0 Å². The summed E-state index contributed by atoms with van der Waals surface area (Å²) >= 11 is 0. The third kappa shape index (κ3) is 10.8. The summed E-state index contributed by atoms with van der Waals surface area (Å²) in [5.74, 6) is 0.549. The van der Waals surface area contributed by atoms with Gasteiger partial charge in [0.25, 0.3) is 0 Å². The molecule has 0 aliphatic carbocycles. The highest BCUT2D eigenvalue weighted by Crippen LogP contribution is 2.17. The van der Waals surface area contributed by atoms with Gasteiger partial charge in [-0.2, -0.15) is 0 Å². The molecule has 0 fully saturated rings. The molecule has 5 N–H and O–H groups in total. The molecule has 0 aromatic heterocycles. The molecular weight excluding hydrogens is 406 g/mol. The Hall–Kier alpha value is -1.88. The van der Waals surface area contributed by atoms with E-state index < -0.39 is 0 Å². The summed E-state index contributed by atoms with van der Waals surface area (Å²) in [6, 6.07) is 20.9. The van der Waals surface area contributed by atoms with Crippen LogP contribution in [-0.4, -0.2) is 24.5 Å². The highest BCUT2D eigenvalue weighted by Gasteiger charge is 2.19. The summed E-state index contributed by atoms with van der Waals surface area (Å²) in [5, 5.41) is 3.10. The number of amides is 1. The summed E-state index contributed by atoms with van der Waals surface area (Å²) in [6.07, 6.45) is 5.22. The summed E-state index contributed by atoms with van der Waals surface area (Å²) in [5.41, 5.74) is 14.9. The molecule has 1 unspecified atom stereocenters. The molecule has 2 aromatic rings. The lowest BCUT2D eigenvalue weighted by atomic mass is 9.92. The van der Waals surface area contributed by atoms with Crippen LogP contribution in [0.2, 0.25) is 0 Å². The number of nitrogens with one attached hydrogen (secondary N) is 1. The molecule has 31 heavy (non-hydrogen) atoms. The van der Waals surface area contributed by atoms with Crippen LogP contribution in [0.4, 0.5) is 0 Å². The normalized spacial score (nSPS) is 13.0. The lowest BCUT2D eigenvalue weighted by molar-refractivity contribution is -0.125. The van der Waals surface area contributed by atoms with Gasteiger partial charge in [0.1, 0.15) is 0 Å². The van der Waals surface area contributed by atoms with Crippen LogP contribution >= 0.6 is 12.4 Å². The Labute approximate surface area is 194 Å². The second-order valence-corrected chi connectivity index (χ2v) is 8.74. The van der Waals surface area contributed by atoms with Gasteiger partial charge in [0, 0.05) is 24.5 Å². The fourth-order valence-corrected chi connectivity index (χ4v) is 3.60. The van der Waals surface area contributed by atoms with E-state index in [-0.39, 0.29) is 36.3 Å². The van der Waals surface area contributed by atoms with Gasteiger partial charge in [-0.05, 0) is 55.6 Å². The fourth-order valence-electron chi connectivity index (χ4n) is 3.60. The van der Waals surface area contributed by atoms with Crippen molar-refractivity contribution < 1.29 is 4.79 Å². The molecule has 0 radical (unpaired) electrons. The van der Waals surface area contributed by atoms with E-state index in [1.165, 1.54) is 11.1 Å². The van der Waals surface area contributed by atoms with Crippen molar-refractivity contribution in [3.63, 3.8) is 0 Å². The van der Waals surface area contributed by atoms with Crippen molar-refractivity contribution in [1.82, 2.24) is 5.32 Å². The van der Waals surface area contributed by atoms with E-state index in [2.05, 4.69) is 67.7 Å². The summed E-state index contributed by atoms with van der Waals surface area (Å²) in [7, 11) is 0.